The Kier molecular flexibility index (Phi) is 8.18. The summed E-state index contributed by atoms with van der Waals surface area (Å²) in [5.41, 5.74) is 2.27. The first-order valence-electron chi connectivity index (χ1n) is 10.1. The molecule has 32 heavy (non-hydrogen) atoms. The van der Waals surface area contributed by atoms with Gasteiger partial charge in [0.25, 0.3) is 10.0 Å². The smallest absolute Gasteiger partial charge is 0.264 e. The number of hydrogen-bond acceptors (Lipinski definition) is 3. The number of rotatable bonds is 9. The number of aryl methyl sites for hydroxylation is 2. The first-order chi connectivity index (χ1) is 15.3. The Bertz CT molecular complexity index is 1180. The normalized spacial score (nSPS) is 11.2. The van der Waals surface area contributed by atoms with Crippen LogP contribution in [0, 0.1) is 6.92 Å². The van der Waals surface area contributed by atoms with E-state index in [1.165, 1.54) is 18.2 Å². The molecular weight excluding hydrogens is 467 g/mol. The average molecular weight is 491 g/mol. The molecule has 0 aliphatic heterocycles. The molecule has 3 aromatic carbocycles. The van der Waals surface area contributed by atoms with Gasteiger partial charge in [-0.3, -0.25) is 9.10 Å². The first kappa shape index (κ1) is 24.1. The van der Waals surface area contributed by atoms with Crippen LogP contribution in [0.15, 0.2) is 77.7 Å². The van der Waals surface area contributed by atoms with Crippen LogP contribution in [0.3, 0.4) is 0 Å². The summed E-state index contributed by atoms with van der Waals surface area (Å²) in [7, 11) is -3.97. The molecule has 168 valence electrons. The summed E-state index contributed by atoms with van der Waals surface area (Å²) in [6.45, 7) is 1.92. The lowest BCUT2D eigenvalue weighted by molar-refractivity contribution is -0.119. The highest BCUT2D eigenvalue weighted by Gasteiger charge is 2.27. The van der Waals surface area contributed by atoms with E-state index in [2.05, 4.69) is 5.32 Å². The maximum absolute atomic E-state index is 13.3. The van der Waals surface area contributed by atoms with Gasteiger partial charge < -0.3 is 5.32 Å². The second kappa shape index (κ2) is 10.9. The maximum Gasteiger partial charge on any atom is 0.264 e. The summed E-state index contributed by atoms with van der Waals surface area (Å²) in [5, 5.41) is 3.87. The lowest BCUT2D eigenvalue weighted by atomic mass is 10.1. The molecular formula is C24H24Cl2N2O3S. The van der Waals surface area contributed by atoms with Crippen LogP contribution in [0.2, 0.25) is 10.0 Å². The number of nitrogens with zero attached hydrogens (tertiary/aromatic N) is 1. The number of halogens is 2. The van der Waals surface area contributed by atoms with Gasteiger partial charge in [-0.1, -0.05) is 65.2 Å². The van der Waals surface area contributed by atoms with Gasteiger partial charge in [-0.05, 0) is 61.7 Å². The third kappa shape index (κ3) is 6.25. The molecule has 0 saturated heterocycles. The van der Waals surface area contributed by atoms with Crippen molar-refractivity contribution < 1.29 is 13.2 Å². The molecule has 0 aromatic heterocycles. The van der Waals surface area contributed by atoms with Crippen LogP contribution in [-0.2, 0) is 21.2 Å². The molecule has 1 amide bonds. The number of sulfonamides is 1. The van der Waals surface area contributed by atoms with E-state index < -0.39 is 15.9 Å². The predicted octanol–water partition coefficient (Wildman–Crippen LogP) is 5.25. The van der Waals surface area contributed by atoms with Crippen molar-refractivity contribution in [3.05, 3.63) is 94.0 Å². The van der Waals surface area contributed by atoms with Gasteiger partial charge in [0, 0.05) is 16.6 Å². The number of nitrogens with one attached hydrogen (secondary N) is 1. The number of hydrogen-bond donors (Lipinski definition) is 1. The third-order valence-corrected chi connectivity index (χ3v) is 7.29. The molecule has 1 N–H and O–H groups in total. The highest BCUT2D eigenvalue weighted by Crippen LogP contribution is 2.26. The lowest BCUT2D eigenvalue weighted by Crippen LogP contribution is -2.41. The minimum absolute atomic E-state index is 0.106. The van der Waals surface area contributed by atoms with Gasteiger partial charge in [-0.2, -0.15) is 0 Å². The molecule has 0 spiro atoms. The molecule has 0 aliphatic carbocycles. The Balaban J connectivity index is 1.72. The summed E-state index contributed by atoms with van der Waals surface area (Å²) in [6.07, 6.45) is 1.39. The van der Waals surface area contributed by atoms with Gasteiger partial charge in [0.2, 0.25) is 5.91 Å². The number of anilines is 1. The van der Waals surface area contributed by atoms with Gasteiger partial charge in [-0.15, -0.1) is 0 Å². The number of carbonyl (C=O) groups is 1. The van der Waals surface area contributed by atoms with Crippen molar-refractivity contribution in [2.45, 2.75) is 24.7 Å². The van der Waals surface area contributed by atoms with Crippen LogP contribution >= 0.6 is 23.2 Å². The van der Waals surface area contributed by atoms with E-state index in [0.29, 0.717) is 35.1 Å². The largest absolute Gasteiger partial charge is 0.355 e. The van der Waals surface area contributed by atoms with E-state index >= 15 is 0 Å². The Morgan fingerprint density at radius 1 is 0.969 bits per heavy atom. The molecule has 0 aliphatic rings. The first-order valence-corrected chi connectivity index (χ1v) is 12.3. The van der Waals surface area contributed by atoms with E-state index in [1.807, 2.05) is 31.2 Å². The molecule has 3 rings (SSSR count). The molecule has 0 saturated carbocycles. The Hall–Kier alpha value is -2.54. The molecule has 0 unspecified atom stereocenters. The summed E-state index contributed by atoms with van der Waals surface area (Å²) >= 11 is 12.2. The Morgan fingerprint density at radius 2 is 1.69 bits per heavy atom. The quantitative estimate of drug-likeness (QED) is 0.416. The van der Waals surface area contributed by atoms with Crippen molar-refractivity contribution in [2.75, 3.05) is 17.4 Å². The Morgan fingerprint density at radius 3 is 2.38 bits per heavy atom. The van der Waals surface area contributed by atoms with E-state index in [1.54, 1.807) is 30.3 Å². The second-order valence-corrected chi connectivity index (χ2v) is 10.1. The molecule has 0 radical (unpaired) electrons. The predicted molar refractivity (Wildman–Crippen MR) is 130 cm³/mol. The van der Waals surface area contributed by atoms with Crippen LogP contribution < -0.4 is 9.62 Å². The fourth-order valence-electron chi connectivity index (χ4n) is 3.18. The zero-order chi connectivity index (χ0) is 23.1. The van der Waals surface area contributed by atoms with Crippen LogP contribution in [0.5, 0.6) is 0 Å². The van der Waals surface area contributed by atoms with Crippen molar-refractivity contribution in [2.24, 2.45) is 0 Å². The van der Waals surface area contributed by atoms with Crippen LogP contribution in [0.4, 0.5) is 5.69 Å². The maximum atomic E-state index is 13.3. The number of benzene rings is 3. The van der Waals surface area contributed by atoms with Gasteiger partial charge in [-0.25, -0.2) is 8.42 Å². The highest BCUT2D eigenvalue weighted by atomic mass is 35.5. The summed E-state index contributed by atoms with van der Waals surface area (Å²) in [5.74, 6) is -0.403. The SMILES string of the molecule is Cc1ccc(S(=O)(=O)N(CC(=O)NCCCc2ccccc2Cl)c2cccc(Cl)c2)cc1. The number of carbonyl (C=O) groups excluding carboxylic acids is 1. The fraction of sp³-hybridized carbons (Fsp3) is 0.208. The molecule has 0 fully saturated rings. The zero-order valence-electron chi connectivity index (χ0n) is 17.6. The lowest BCUT2D eigenvalue weighted by Gasteiger charge is -2.24. The molecule has 0 heterocycles. The van der Waals surface area contributed by atoms with Crippen molar-refractivity contribution in [3.63, 3.8) is 0 Å². The monoisotopic (exact) mass is 490 g/mol. The van der Waals surface area contributed by atoms with Crippen LogP contribution in [0.25, 0.3) is 0 Å². The van der Waals surface area contributed by atoms with Gasteiger partial charge >= 0.3 is 0 Å². The standard InChI is InChI=1S/C24H24Cl2N2O3S/c1-18-11-13-22(14-12-18)32(30,31)28(21-9-4-8-20(25)16-21)17-24(29)27-15-5-7-19-6-2-3-10-23(19)26/h2-4,6,8-14,16H,5,7,15,17H2,1H3,(H,27,29). The van der Waals surface area contributed by atoms with Crippen molar-refractivity contribution in [3.8, 4) is 0 Å². The molecule has 5 nitrogen and oxygen atoms in total. The van der Waals surface area contributed by atoms with E-state index in [0.717, 1.165) is 15.4 Å². The summed E-state index contributed by atoms with van der Waals surface area (Å²) in [6, 6.07) is 20.5. The topological polar surface area (TPSA) is 66.5 Å². The molecule has 3 aromatic rings. The Labute approximate surface area is 199 Å². The minimum atomic E-state index is -3.97. The second-order valence-electron chi connectivity index (χ2n) is 7.35. The molecule has 8 heteroatoms. The van der Waals surface area contributed by atoms with E-state index in [-0.39, 0.29) is 11.4 Å². The molecule has 0 bridgehead atoms. The highest BCUT2D eigenvalue weighted by molar-refractivity contribution is 7.92. The van der Waals surface area contributed by atoms with E-state index in [4.69, 9.17) is 23.2 Å². The summed E-state index contributed by atoms with van der Waals surface area (Å²) in [4.78, 5) is 12.8. The molecule has 0 atom stereocenters. The van der Waals surface area contributed by atoms with Crippen molar-refractivity contribution in [1.29, 1.82) is 0 Å². The van der Waals surface area contributed by atoms with Crippen LogP contribution in [-0.4, -0.2) is 27.4 Å². The summed E-state index contributed by atoms with van der Waals surface area (Å²) < 4.78 is 27.7. The van der Waals surface area contributed by atoms with Gasteiger partial charge in [0.05, 0.1) is 10.6 Å². The van der Waals surface area contributed by atoms with Gasteiger partial charge in [0.15, 0.2) is 0 Å². The third-order valence-electron chi connectivity index (χ3n) is 4.90. The van der Waals surface area contributed by atoms with Crippen LogP contribution in [0.1, 0.15) is 17.5 Å². The van der Waals surface area contributed by atoms with Crippen molar-refractivity contribution in [1.82, 2.24) is 5.32 Å². The van der Waals surface area contributed by atoms with Crippen molar-refractivity contribution >= 4 is 44.8 Å². The zero-order valence-corrected chi connectivity index (χ0v) is 19.9. The number of amides is 1. The van der Waals surface area contributed by atoms with Gasteiger partial charge in [0.1, 0.15) is 6.54 Å². The fourth-order valence-corrected chi connectivity index (χ4v) is 5.01. The minimum Gasteiger partial charge on any atom is -0.355 e. The van der Waals surface area contributed by atoms with E-state index in [9.17, 15) is 13.2 Å². The average Bonchev–Trinajstić information content (AvgIpc) is 2.76.